The van der Waals surface area contributed by atoms with E-state index < -0.39 is 10.9 Å². The molecule has 0 spiro atoms. The predicted molar refractivity (Wildman–Crippen MR) is 74.6 cm³/mol. The molecule has 0 atom stereocenters. The van der Waals surface area contributed by atoms with Crippen LogP contribution in [0.2, 0.25) is 0 Å². The largest absolute Gasteiger partial charge is 0.477 e. The molecule has 0 unspecified atom stereocenters. The summed E-state index contributed by atoms with van der Waals surface area (Å²) in [7, 11) is 1.64. The van der Waals surface area contributed by atoms with Gasteiger partial charge in [0.15, 0.2) is 5.03 Å². The lowest BCUT2D eigenvalue weighted by molar-refractivity contribution is -0.388. The summed E-state index contributed by atoms with van der Waals surface area (Å²) < 4.78 is 1.46. The number of aryl methyl sites for hydroxylation is 2. The van der Waals surface area contributed by atoms with E-state index in [1.165, 1.54) is 10.7 Å². The van der Waals surface area contributed by atoms with Crippen molar-refractivity contribution in [3.63, 3.8) is 0 Å². The van der Waals surface area contributed by atoms with Crippen LogP contribution in [0.1, 0.15) is 22.3 Å². The molecule has 106 valence electrons. The molecule has 7 nitrogen and oxygen atoms in total. The Morgan fingerprint density at radius 3 is 2.85 bits per heavy atom. The fourth-order valence-electron chi connectivity index (χ4n) is 1.68. The smallest absolute Gasteiger partial charge is 0.345 e. The average molecular weight is 313 g/mol. The van der Waals surface area contributed by atoms with Gasteiger partial charge in [0, 0.05) is 17.3 Å². The Kier molecular flexibility index (Phi) is 4.09. The Hall–Kier alpha value is -1.87. The van der Waals surface area contributed by atoms with Crippen LogP contribution in [-0.4, -0.2) is 25.8 Å². The van der Waals surface area contributed by atoms with Gasteiger partial charge in [0.25, 0.3) is 0 Å². The van der Waals surface area contributed by atoms with Gasteiger partial charge >= 0.3 is 11.7 Å². The minimum Gasteiger partial charge on any atom is -0.477 e. The van der Waals surface area contributed by atoms with Crippen molar-refractivity contribution in [2.45, 2.75) is 23.3 Å². The number of hydrogen-bond donors (Lipinski definition) is 1. The van der Waals surface area contributed by atoms with Crippen molar-refractivity contribution in [2.24, 2.45) is 7.05 Å². The lowest BCUT2D eigenvalue weighted by Gasteiger charge is -1.98. The Morgan fingerprint density at radius 2 is 2.35 bits per heavy atom. The first-order valence-electron chi connectivity index (χ1n) is 5.64. The normalized spacial score (nSPS) is 10.7. The summed E-state index contributed by atoms with van der Waals surface area (Å²) in [4.78, 5) is 22.4. The summed E-state index contributed by atoms with van der Waals surface area (Å²) in [6.45, 7) is 1.80. The Balaban J connectivity index is 2.39. The Bertz CT molecular complexity index is 677. The van der Waals surface area contributed by atoms with Crippen LogP contribution in [0.4, 0.5) is 5.69 Å². The monoisotopic (exact) mass is 313 g/mol. The summed E-state index contributed by atoms with van der Waals surface area (Å²) in [5.74, 6) is -1.00. The van der Waals surface area contributed by atoms with Gasteiger partial charge in [0.1, 0.15) is 10.6 Å². The molecule has 1 N–H and O–H groups in total. The number of aromatic carboxylic acids is 1. The van der Waals surface area contributed by atoms with Crippen LogP contribution in [-0.2, 0) is 13.5 Å². The molecule has 0 aliphatic heterocycles. The molecule has 2 aromatic rings. The molecule has 0 saturated carbocycles. The van der Waals surface area contributed by atoms with Crippen LogP contribution in [0.25, 0.3) is 0 Å². The number of nitrogens with zero attached hydrogens (tertiary/aromatic N) is 3. The van der Waals surface area contributed by atoms with Crippen LogP contribution in [0, 0.1) is 10.1 Å². The van der Waals surface area contributed by atoms with Gasteiger partial charge in [0.05, 0.1) is 4.92 Å². The molecule has 2 rings (SSSR count). The highest BCUT2D eigenvalue weighted by molar-refractivity contribution is 7.99. The van der Waals surface area contributed by atoms with E-state index >= 15 is 0 Å². The van der Waals surface area contributed by atoms with Gasteiger partial charge in [-0.15, -0.1) is 11.3 Å². The third kappa shape index (κ3) is 2.68. The number of aromatic nitrogens is 2. The summed E-state index contributed by atoms with van der Waals surface area (Å²) in [5.41, 5.74) is 0.414. The predicted octanol–water partition coefficient (Wildman–Crippen LogP) is 2.80. The highest BCUT2D eigenvalue weighted by atomic mass is 32.2. The van der Waals surface area contributed by atoms with Crippen LogP contribution in [0.15, 0.2) is 21.4 Å². The summed E-state index contributed by atoms with van der Waals surface area (Å²) in [6.07, 6.45) is 0.467. The van der Waals surface area contributed by atoms with E-state index in [4.69, 9.17) is 5.11 Å². The molecule has 9 heteroatoms. The zero-order chi connectivity index (χ0) is 14.9. The number of nitro groups is 1. The first kappa shape index (κ1) is 14.5. The SMILES string of the molecule is CCc1nn(C)c(Sc2csc(C(=O)O)c2)c1[N+](=O)[O-]. The molecule has 20 heavy (non-hydrogen) atoms. The molecule has 0 amide bonds. The van der Waals surface area contributed by atoms with E-state index in [1.807, 2.05) is 0 Å². The number of carboxylic acid groups (broad SMARTS) is 1. The van der Waals surface area contributed by atoms with Gasteiger partial charge in [0.2, 0.25) is 0 Å². The number of hydrogen-bond acceptors (Lipinski definition) is 6. The molecule has 2 aromatic heterocycles. The Labute approximate surface area is 122 Å². The second-order valence-electron chi connectivity index (χ2n) is 3.89. The van der Waals surface area contributed by atoms with Gasteiger partial charge in [-0.05, 0) is 12.5 Å². The van der Waals surface area contributed by atoms with E-state index in [2.05, 4.69) is 5.10 Å². The van der Waals surface area contributed by atoms with Crippen LogP contribution in [0.3, 0.4) is 0 Å². The minimum atomic E-state index is -1.00. The maximum Gasteiger partial charge on any atom is 0.345 e. The van der Waals surface area contributed by atoms with Crippen molar-refractivity contribution >= 4 is 34.8 Å². The number of carbonyl (C=O) groups is 1. The number of carboxylic acids is 1. The first-order chi connectivity index (χ1) is 9.43. The van der Waals surface area contributed by atoms with E-state index in [9.17, 15) is 14.9 Å². The summed E-state index contributed by atoms with van der Waals surface area (Å²) in [6, 6.07) is 1.50. The molecular formula is C11H11N3O4S2. The Morgan fingerprint density at radius 1 is 1.65 bits per heavy atom. The van der Waals surface area contributed by atoms with E-state index in [-0.39, 0.29) is 10.6 Å². The minimum absolute atomic E-state index is 0.0110. The van der Waals surface area contributed by atoms with Gasteiger partial charge in [-0.2, -0.15) is 5.10 Å². The molecule has 0 aromatic carbocycles. The zero-order valence-corrected chi connectivity index (χ0v) is 12.3. The number of thiophene rings is 1. The molecule has 0 bridgehead atoms. The second kappa shape index (κ2) is 5.63. The fourth-order valence-corrected chi connectivity index (χ4v) is 3.56. The summed E-state index contributed by atoms with van der Waals surface area (Å²) >= 11 is 2.24. The lowest BCUT2D eigenvalue weighted by Crippen LogP contribution is -1.94. The average Bonchev–Trinajstić information content (AvgIpc) is 2.95. The van der Waals surface area contributed by atoms with Crippen molar-refractivity contribution in [2.75, 3.05) is 0 Å². The van der Waals surface area contributed by atoms with Crippen LogP contribution >= 0.6 is 23.1 Å². The van der Waals surface area contributed by atoms with Crippen molar-refractivity contribution in [1.82, 2.24) is 9.78 Å². The van der Waals surface area contributed by atoms with Crippen molar-refractivity contribution in [3.8, 4) is 0 Å². The zero-order valence-electron chi connectivity index (χ0n) is 10.7. The molecule has 0 radical (unpaired) electrons. The maximum absolute atomic E-state index is 11.2. The van der Waals surface area contributed by atoms with E-state index in [0.29, 0.717) is 22.0 Å². The van der Waals surface area contributed by atoms with Gasteiger partial charge in [-0.1, -0.05) is 18.7 Å². The highest BCUT2D eigenvalue weighted by Crippen LogP contribution is 2.38. The second-order valence-corrected chi connectivity index (χ2v) is 5.86. The molecule has 2 heterocycles. The molecule has 0 saturated heterocycles. The standard InChI is InChI=1S/C11H11N3O4S2/c1-3-7-9(14(17)18)10(13(2)12-7)20-6-4-8(11(15)16)19-5-6/h4-5H,3H2,1-2H3,(H,15,16). The van der Waals surface area contributed by atoms with Crippen molar-refractivity contribution < 1.29 is 14.8 Å². The molecule has 0 aliphatic carbocycles. The molecular weight excluding hydrogens is 302 g/mol. The molecule has 0 fully saturated rings. The van der Waals surface area contributed by atoms with E-state index in [0.717, 1.165) is 23.1 Å². The van der Waals surface area contributed by atoms with Gasteiger partial charge in [-0.25, -0.2) is 4.79 Å². The van der Waals surface area contributed by atoms with Gasteiger partial charge in [-0.3, -0.25) is 14.8 Å². The quantitative estimate of drug-likeness (QED) is 0.673. The first-order valence-corrected chi connectivity index (χ1v) is 7.33. The third-order valence-electron chi connectivity index (χ3n) is 2.56. The van der Waals surface area contributed by atoms with Crippen LogP contribution in [0.5, 0.6) is 0 Å². The van der Waals surface area contributed by atoms with Crippen molar-refractivity contribution in [1.29, 1.82) is 0 Å². The third-order valence-corrected chi connectivity index (χ3v) is 4.75. The summed E-state index contributed by atoms with van der Waals surface area (Å²) in [5, 5.41) is 26.2. The van der Waals surface area contributed by atoms with Crippen molar-refractivity contribution in [3.05, 3.63) is 32.1 Å². The maximum atomic E-state index is 11.2. The highest BCUT2D eigenvalue weighted by Gasteiger charge is 2.26. The lowest BCUT2D eigenvalue weighted by atomic mass is 10.3. The number of rotatable bonds is 5. The topological polar surface area (TPSA) is 98.3 Å². The van der Waals surface area contributed by atoms with Crippen LogP contribution < -0.4 is 0 Å². The fraction of sp³-hybridized carbons (Fsp3) is 0.273. The molecule has 0 aliphatic rings. The van der Waals surface area contributed by atoms with Gasteiger partial charge < -0.3 is 5.11 Å². The van der Waals surface area contributed by atoms with E-state index in [1.54, 1.807) is 19.4 Å².